The van der Waals surface area contributed by atoms with Crippen LogP contribution < -0.4 is 14.9 Å². The molecule has 20 heavy (non-hydrogen) atoms. The first-order valence-corrected chi connectivity index (χ1v) is 6.65. The number of methoxy groups -OCH3 is 2. The molecule has 0 unspecified atom stereocenters. The van der Waals surface area contributed by atoms with Crippen LogP contribution in [0, 0.1) is 0 Å². The Labute approximate surface area is 127 Å². The Balaban J connectivity index is 0.000000204. The van der Waals surface area contributed by atoms with Crippen LogP contribution in [0.5, 0.6) is 11.5 Å². The Morgan fingerprint density at radius 2 is 1.20 bits per heavy atom. The van der Waals surface area contributed by atoms with Gasteiger partial charge in [0, 0.05) is 4.47 Å². The zero-order chi connectivity index (χ0) is 15.0. The molecule has 0 fully saturated rings. The van der Waals surface area contributed by atoms with E-state index in [9.17, 15) is 0 Å². The summed E-state index contributed by atoms with van der Waals surface area (Å²) in [5.74, 6) is 1.59. The van der Waals surface area contributed by atoms with Crippen molar-refractivity contribution in [3.63, 3.8) is 0 Å². The van der Waals surface area contributed by atoms with Gasteiger partial charge in [-0.3, -0.25) is 0 Å². The summed E-state index contributed by atoms with van der Waals surface area (Å²) in [6, 6.07) is 14.3. The van der Waals surface area contributed by atoms with E-state index in [1.807, 2.05) is 24.3 Å². The number of ether oxygens (including phenoxy) is 2. The average molecular weight is 339 g/mol. The van der Waals surface area contributed by atoms with Crippen molar-refractivity contribution in [3.05, 3.63) is 53.0 Å². The van der Waals surface area contributed by atoms with Crippen LogP contribution >= 0.6 is 15.9 Å². The third kappa shape index (κ3) is 5.65. The molecule has 0 aromatic heterocycles. The van der Waals surface area contributed by atoms with Gasteiger partial charge in [0.1, 0.15) is 11.5 Å². The van der Waals surface area contributed by atoms with E-state index in [1.54, 1.807) is 38.5 Å². The van der Waals surface area contributed by atoms with Crippen LogP contribution in [0.4, 0.5) is 0 Å². The highest BCUT2D eigenvalue weighted by molar-refractivity contribution is 9.10. The molecule has 0 radical (unpaired) electrons. The lowest BCUT2D eigenvalue weighted by Crippen LogP contribution is -2.29. The summed E-state index contributed by atoms with van der Waals surface area (Å²) in [4.78, 5) is 0. The third-order valence-corrected chi connectivity index (χ3v) is 2.99. The summed E-state index contributed by atoms with van der Waals surface area (Å²) in [6.07, 6.45) is 0. The summed E-state index contributed by atoms with van der Waals surface area (Å²) < 4.78 is 10.9. The van der Waals surface area contributed by atoms with E-state index < -0.39 is 7.12 Å². The summed E-state index contributed by atoms with van der Waals surface area (Å²) in [7, 11) is 1.81. The number of hydrogen-bond acceptors (Lipinski definition) is 4. The normalized spacial score (nSPS) is 9.25. The van der Waals surface area contributed by atoms with Crippen LogP contribution in [0.25, 0.3) is 0 Å². The van der Waals surface area contributed by atoms with Gasteiger partial charge in [0.05, 0.1) is 14.2 Å². The molecular weight excluding hydrogens is 323 g/mol. The molecule has 0 saturated heterocycles. The Morgan fingerprint density at radius 3 is 1.55 bits per heavy atom. The molecule has 0 aliphatic carbocycles. The summed E-state index contributed by atoms with van der Waals surface area (Å²) in [5.41, 5.74) is 0.464. The Hall–Kier alpha value is -1.50. The maximum absolute atomic E-state index is 8.70. The molecule has 0 heterocycles. The van der Waals surface area contributed by atoms with Crippen LogP contribution in [-0.2, 0) is 0 Å². The first kappa shape index (κ1) is 16.6. The predicted octanol–water partition coefficient (Wildman–Crippen LogP) is 1.83. The molecule has 2 rings (SSSR count). The lowest BCUT2D eigenvalue weighted by molar-refractivity contribution is 0.414. The van der Waals surface area contributed by atoms with Crippen LogP contribution in [0.15, 0.2) is 53.0 Å². The van der Waals surface area contributed by atoms with Gasteiger partial charge >= 0.3 is 7.12 Å². The van der Waals surface area contributed by atoms with E-state index in [4.69, 9.17) is 19.5 Å². The van der Waals surface area contributed by atoms with Gasteiger partial charge in [-0.1, -0.05) is 28.1 Å². The van der Waals surface area contributed by atoms with Crippen LogP contribution in [0.2, 0.25) is 0 Å². The lowest BCUT2D eigenvalue weighted by atomic mass is 9.80. The molecule has 0 bridgehead atoms. The molecule has 2 aromatic rings. The van der Waals surface area contributed by atoms with Crippen molar-refractivity contribution < 1.29 is 19.5 Å². The number of benzene rings is 2. The van der Waals surface area contributed by atoms with Crippen molar-refractivity contribution in [2.45, 2.75) is 0 Å². The minimum Gasteiger partial charge on any atom is -0.497 e. The minimum atomic E-state index is -1.40. The van der Waals surface area contributed by atoms with Gasteiger partial charge in [0.2, 0.25) is 0 Å². The van der Waals surface area contributed by atoms with Gasteiger partial charge < -0.3 is 19.5 Å². The molecule has 0 amide bonds. The number of hydrogen-bond donors (Lipinski definition) is 2. The van der Waals surface area contributed by atoms with Crippen LogP contribution in [0.1, 0.15) is 0 Å². The van der Waals surface area contributed by atoms with Gasteiger partial charge in [0.25, 0.3) is 0 Å². The van der Waals surface area contributed by atoms with Crippen LogP contribution in [-0.4, -0.2) is 31.4 Å². The van der Waals surface area contributed by atoms with Gasteiger partial charge in [-0.25, -0.2) is 0 Å². The molecule has 4 nitrogen and oxygen atoms in total. The molecule has 0 aliphatic rings. The van der Waals surface area contributed by atoms with E-state index in [2.05, 4.69) is 15.9 Å². The summed E-state index contributed by atoms with van der Waals surface area (Å²) in [5, 5.41) is 17.4. The monoisotopic (exact) mass is 338 g/mol. The Bertz CT molecular complexity index is 500. The van der Waals surface area contributed by atoms with Gasteiger partial charge in [0.15, 0.2) is 0 Å². The molecule has 2 aromatic carbocycles. The van der Waals surface area contributed by atoms with E-state index in [1.165, 1.54) is 0 Å². The smallest absolute Gasteiger partial charge is 0.488 e. The fourth-order valence-corrected chi connectivity index (χ4v) is 1.61. The Morgan fingerprint density at radius 1 is 0.800 bits per heavy atom. The quantitative estimate of drug-likeness (QED) is 0.838. The molecule has 0 aliphatic heterocycles. The van der Waals surface area contributed by atoms with E-state index in [-0.39, 0.29) is 0 Å². The van der Waals surface area contributed by atoms with Crippen molar-refractivity contribution in [1.29, 1.82) is 0 Å². The highest BCUT2D eigenvalue weighted by Gasteiger charge is 2.09. The van der Waals surface area contributed by atoms with Crippen molar-refractivity contribution in [3.8, 4) is 11.5 Å². The zero-order valence-corrected chi connectivity index (χ0v) is 12.9. The summed E-state index contributed by atoms with van der Waals surface area (Å²) >= 11 is 3.32. The van der Waals surface area contributed by atoms with E-state index in [0.29, 0.717) is 11.2 Å². The third-order valence-electron chi connectivity index (χ3n) is 2.46. The van der Waals surface area contributed by atoms with Crippen LogP contribution in [0.3, 0.4) is 0 Å². The highest BCUT2D eigenvalue weighted by Crippen LogP contribution is 2.14. The Kier molecular flexibility index (Phi) is 7.15. The van der Waals surface area contributed by atoms with E-state index in [0.717, 1.165) is 10.2 Å². The summed E-state index contributed by atoms with van der Waals surface area (Å²) in [6.45, 7) is 0. The topological polar surface area (TPSA) is 58.9 Å². The first-order chi connectivity index (χ1) is 9.56. The lowest BCUT2D eigenvalue weighted by Gasteiger charge is -2.00. The maximum Gasteiger partial charge on any atom is 0.488 e. The zero-order valence-electron chi connectivity index (χ0n) is 11.3. The molecule has 0 spiro atoms. The first-order valence-electron chi connectivity index (χ1n) is 5.86. The molecular formula is C14H16BBrO4. The van der Waals surface area contributed by atoms with Gasteiger partial charge in [-0.15, -0.1) is 0 Å². The molecule has 6 heteroatoms. The van der Waals surface area contributed by atoms with Crippen molar-refractivity contribution in [2.24, 2.45) is 0 Å². The molecule has 0 saturated carbocycles. The van der Waals surface area contributed by atoms with Crippen molar-refractivity contribution >= 4 is 28.5 Å². The maximum atomic E-state index is 8.70. The molecule has 106 valence electrons. The van der Waals surface area contributed by atoms with Crippen molar-refractivity contribution in [1.82, 2.24) is 0 Å². The fourth-order valence-electron chi connectivity index (χ4n) is 1.35. The standard InChI is InChI=1S/C7H9BO3.C7H7BrO/c1-11-7-4-2-6(3-5-7)8(9)10;1-9-7-4-2-6(8)3-5-7/h2-5,9-10H,1H3;2-5H,1H3. The van der Waals surface area contributed by atoms with Gasteiger partial charge in [-0.2, -0.15) is 0 Å². The minimum absolute atomic E-state index is 0.464. The molecule has 0 atom stereocenters. The highest BCUT2D eigenvalue weighted by atomic mass is 79.9. The van der Waals surface area contributed by atoms with Gasteiger partial charge in [-0.05, 0) is 41.9 Å². The van der Waals surface area contributed by atoms with Crippen molar-refractivity contribution in [2.75, 3.05) is 14.2 Å². The number of halogens is 1. The second-order valence-corrected chi connectivity index (χ2v) is 4.72. The SMILES string of the molecule is COc1ccc(B(O)O)cc1.COc1ccc(Br)cc1. The second kappa shape index (κ2) is 8.63. The van der Waals surface area contributed by atoms with E-state index >= 15 is 0 Å². The predicted molar refractivity (Wildman–Crippen MR) is 83.5 cm³/mol. The number of rotatable bonds is 3. The second-order valence-electron chi connectivity index (χ2n) is 3.80. The largest absolute Gasteiger partial charge is 0.497 e. The fraction of sp³-hybridized carbons (Fsp3) is 0.143. The molecule has 2 N–H and O–H groups in total. The average Bonchev–Trinajstić information content (AvgIpc) is 2.49.